The van der Waals surface area contributed by atoms with Gasteiger partial charge in [0, 0.05) is 12.6 Å². The van der Waals surface area contributed by atoms with Crippen LogP contribution >= 0.6 is 12.4 Å². The second-order valence-corrected chi connectivity index (χ2v) is 1.21. The Morgan fingerprint density at radius 2 is 1.83 bits per heavy atom. The van der Waals surface area contributed by atoms with Gasteiger partial charge in [0.05, 0.1) is 0 Å². The molecule has 0 bridgehead atoms. The van der Waals surface area contributed by atoms with E-state index in [4.69, 9.17) is 11.5 Å². The van der Waals surface area contributed by atoms with Gasteiger partial charge in [-0.3, -0.25) is 0 Å². The Labute approximate surface area is 44.3 Å². The Balaban J connectivity index is 0. The largest absolute Gasteiger partial charge is 0.329 e. The summed E-state index contributed by atoms with van der Waals surface area (Å²) in [6, 6.07) is 0.162. The number of hydrogen-bond acceptors (Lipinski definition) is 2. The minimum atomic E-state index is 0. The molecule has 0 rings (SSSR count). The molecule has 0 aromatic carbocycles. The molecule has 0 aliphatic heterocycles. The molecule has 1 atom stereocenters. The molecule has 6 heavy (non-hydrogen) atoms. The average Bonchev–Trinajstić information content (AvgIpc) is 1.38. The van der Waals surface area contributed by atoms with Crippen molar-refractivity contribution in [2.24, 2.45) is 11.5 Å². The van der Waals surface area contributed by atoms with E-state index in [0.717, 1.165) is 0 Å². The third kappa shape index (κ3) is 8.88. The van der Waals surface area contributed by atoms with Crippen molar-refractivity contribution in [2.45, 2.75) is 13.0 Å². The van der Waals surface area contributed by atoms with Crippen LogP contribution in [0, 0.1) is 0 Å². The first-order chi connectivity index (χ1) is 2.27. The van der Waals surface area contributed by atoms with Crippen molar-refractivity contribution in [1.29, 1.82) is 0 Å². The Morgan fingerprint density at radius 1 is 1.67 bits per heavy atom. The number of rotatable bonds is 1. The lowest BCUT2D eigenvalue weighted by molar-refractivity contribution is 0.752. The van der Waals surface area contributed by atoms with Crippen molar-refractivity contribution in [1.82, 2.24) is 0 Å². The summed E-state index contributed by atoms with van der Waals surface area (Å²) in [5.41, 5.74) is 10.2. The molecule has 2 nitrogen and oxygen atoms in total. The van der Waals surface area contributed by atoms with Gasteiger partial charge in [0.2, 0.25) is 0 Å². The van der Waals surface area contributed by atoms with Gasteiger partial charge >= 0.3 is 0 Å². The number of hydrogen-bond donors (Lipinski definition) is 2. The molecular weight excluding hydrogens is 99.5 g/mol. The summed E-state index contributed by atoms with van der Waals surface area (Å²) in [5.74, 6) is 0. The second-order valence-electron chi connectivity index (χ2n) is 1.21. The van der Waals surface area contributed by atoms with Gasteiger partial charge in [0.1, 0.15) is 0 Å². The van der Waals surface area contributed by atoms with Crippen molar-refractivity contribution >= 4 is 12.4 Å². The molecule has 0 unspecified atom stereocenters. The van der Waals surface area contributed by atoms with Crippen molar-refractivity contribution in [3.05, 3.63) is 0 Å². The van der Waals surface area contributed by atoms with Gasteiger partial charge in [0.15, 0.2) is 0 Å². The molecule has 0 spiro atoms. The van der Waals surface area contributed by atoms with Crippen LogP contribution in [0.15, 0.2) is 0 Å². The van der Waals surface area contributed by atoms with Crippen molar-refractivity contribution in [3.63, 3.8) is 0 Å². The van der Waals surface area contributed by atoms with Crippen LogP contribution in [-0.2, 0) is 0 Å². The topological polar surface area (TPSA) is 52.0 Å². The fourth-order valence-electron chi connectivity index (χ4n) is 0. The summed E-state index contributed by atoms with van der Waals surface area (Å²) in [6.07, 6.45) is 0. The third-order valence-electron chi connectivity index (χ3n) is 0.372. The molecule has 0 radical (unpaired) electrons. The highest BCUT2D eigenvalue weighted by atomic mass is 35.5. The lowest BCUT2D eigenvalue weighted by Crippen LogP contribution is -2.25. The van der Waals surface area contributed by atoms with E-state index < -0.39 is 0 Å². The minimum Gasteiger partial charge on any atom is -0.329 e. The Morgan fingerprint density at radius 3 is 1.83 bits per heavy atom. The van der Waals surface area contributed by atoms with E-state index in [1.165, 1.54) is 0 Å². The third-order valence-corrected chi connectivity index (χ3v) is 0.372. The predicted molar refractivity (Wildman–Crippen MR) is 30.0 cm³/mol. The predicted octanol–water partition coefficient (Wildman–Crippen LogP) is -0.286. The zero-order valence-corrected chi connectivity index (χ0v) is 4.66. The maximum Gasteiger partial charge on any atom is 0.0134 e. The fourth-order valence-corrected chi connectivity index (χ4v) is 0. The van der Waals surface area contributed by atoms with Gasteiger partial charge in [-0.2, -0.15) is 0 Å². The maximum absolute atomic E-state index is 5.17. The summed E-state index contributed by atoms with van der Waals surface area (Å²) < 4.78 is 0. The van der Waals surface area contributed by atoms with Crippen LogP contribution in [0.5, 0.6) is 0 Å². The first-order valence-electron chi connectivity index (χ1n) is 1.73. The van der Waals surface area contributed by atoms with Crippen LogP contribution in [0.2, 0.25) is 0 Å². The summed E-state index contributed by atoms with van der Waals surface area (Å²) in [6.45, 7) is 2.46. The molecule has 0 heterocycles. The second kappa shape index (κ2) is 5.21. The highest BCUT2D eigenvalue weighted by Crippen LogP contribution is 1.59. The van der Waals surface area contributed by atoms with Crippen molar-refractivity contribution < 1.29 is 0 Å². The first-order valence-corrected chi connectivity index (χ1v) is 1.73. The molecule has 0 fully saturated rings. The molecule has 0 saturated heterocycles. The average molecular weight is 111 g/mol. The summed E-state index contributed by atoms with van der Waals surface area (Å²) in [4.78, 5) is 0. The summed E-state index contributed by atoms with van der Waals surface area (Å²) in [7, 11) is 0. The summed E-state index contributed by atoms with van der Waals surface area (Å²) >= 11 is 0. The Bertz CT molecular complexity index is 22.8. The zero-order valence-electron chi connectivity index (χ0n) is 3.85. The van der Waals surface area contributed by atoms with Crippen LogP contribution in [0.25, 0.3) is 0 Å². The molecule has 3 heteroatoms. The molecular formula is C3H11ClN2. The molecule has 40 valence electrons. The van der Waals surface area contributed by atoms with Crippen LogP contribution in [0.3, 0.4) is 0 Å². The van der Waals surface area contributed by atoms with Crippen LogP contribution in [0.1, 0.15) is 6.92 Å². The first kappa shape index (κ1) is 9.51. The van der Waals surface area contributed by atoms with Gasteiger partial charge in [-0.25, -0.2) is 0 Å². The highest BCUT2D eigenvalue weighted by molar-refractivity contribution is 5.85. The fraction of sp³-hybridized carbons (Fsp3) is 1.00. The highest BCUT2D eigenvalue weighted by Gasteiger charge is 1.79. The van der Waals surface area contributed by atoms with Gasteiger partial charge < -0.3 is 11.5 Å². The van der Waals surface area contributed by atoms with Gasteiger partial charge in [0.25, 0.3) is 0 Å². The monoisotopic (exact) mass is 110 g/mol. The van der Waals surface area contributed by atoms with Crippen LogP contribution in [0.4, 0.5) is 0 Å². The van der Waals surface area contributed by atoms with E-state index in [-0.39, 0.29) is 18.4 Å². The van der Waals surface area contributed by atoms with E-state index in [0.29, 0.717) is 6.54 Å². The van der Waals surface area contributed by atoms with Crippen molar-refractivity contribution in [2.75, 3.05) is 6.54 Å². The maximum atomic E-state index is 5.17. The molecule has 0 amide bonds. The standard InChI is InChI=1S/C3H10N2.ClH/c1-3(5)2-4;/h3H,2,4-5H2,1H3;1H/t3-;/m0./s1. The number of nitrogens with two attached hydrogens (primary N) is 2. The summed E-state index contributed by atoms with van der Waals surface area (Å²) in [5, 5.41) is 0. The minimum absolute atomic E-state index is 0. The van der Waals surface area contributed by atoms with Crippen molar-refractivity contribution in [3.8, 4) is 0 Å². The smallest absolute Gasteiger partial charge is 0.0134 e. The van der Waals surface area contributed by atoms with Gasteiger partial charge in [-0.05, 0) is 6.92 Å². The van der Waals surface area contributed by atoms with E-state index in [9.17, 15) is 0 Å². The quantitative estimate of drug-likeness (QED) is 0.488. The molecule has 0 saturated carbocycles. The normalized spacial score (nSPS) is 12.5. The zero-order chi connectivity index (χ0) is 4.28. The molecule has 4 N–H and O–H groups in total. The lowest BCUT2D eigenvalue weighted by atomic mass is 10.4. The van der Waals surface area contributed by atoms with E-state index in [1.807, 2.05) is 6.92 Å². The SMILES string of the molecule is C[C@H](N)CN.Cl. The Hall–Kier alpha value is 0.210. The molecule has 0 aromatic rings. The molecule has 0 aliphatic carbocycles. The van der Waals surface area contributed by atoms with Gasteiger partial charge in [-0.15, -0.1) is 12.4 Å². The van der Waals surface area contributed by atoms with Crippen LogP contribution in [-0.4, -0.2) is 12.6 Å². The van der Waals surface area contributed by atoms with E-state index in [2.05, 4.69) is 0 Å². The van der Waals surface area contributed by atoms with Gasteiger partial charge in [-0.1, -0.05) is 0 Å². The van der Waals surface area contributed by atoms with E-state index in [1.54, 1.807) is 0 Å². The molecule has 0 aromatic heterocycles. The van der Waals surface area contributed by atoms with E-state index >= 15 is 0 Å². The molecule has 0 aliphatic rings. The van der Waals surface area contributed by atoms with Crippen LogP contribution < -0.4 is 11.5 Å². The Kier molecular flexibility index (Phi) is 8.26. The number of halogens is 1. The lowest BCUT2D eigenvalue weighted by Gasteiger charge is -1.92.